The lowest BCUT2D eigenvalue weighted by atomic mass is 10.2. The molecule has 1 amide bonds. The number of nitrogens with zero attached hydrogens (tertiary/aromatic N) is 4. The minimum absolute atomic E-state index is 0.130. The average molecular weight is 314 g/mol. The molecule has 0 aliphatic carbocycles. The lowest BCUT2D eigenvalue weighted by molar-refractivity contribution is 0.0622. The number of hydrogen-bond donors (Lipinski definition) is 0. The zero-order valence-electron chi connectivity index (χ0n) is 13.1. The second-order valence-electron chi connectivity index (χ2n) is 5.69. The average Bonchev–Trinajstić information content (AvgIpc) is 2.58. The normalized spacial score (nSPS) is 15.7. The van der Waals surface area contributed by atoms with Crippen LogP contribution in [0.5, 0.6) is 0 Å². The first-order chi connectivity index (χ1) is 11.1. The zero-order valence-corrected chi connectivity index (χ0v) is 13.1. The molecular weight excluding hydrogens is 295 g/mol. The van der Waals surface area contributed by atoms with Crippen molar-refractivity contribution >= 4 is 5.91 Å². The third-order valence-electron chi connectivity index (χ3n) is 4.03. The minimum Gasteiger partial charge on any atom is -0.335 e. The van der Waals surface area contributed by atoms with E-state index in [1.54, 1.807) is 18.0 Å². The third-order valence-corrected chi connectivity index (χ3v) is 4.03. The molecule has 2 aromatic rings. The summed E-state index contributed by atoms with van der Waals surface area (Å²) in [6.07, 6.45) is 3.63. The maximum atomic E-state index is 13.3. The topological polar surface area (TPSA) is 49.3 Å². The highest BCUT2D eigenvalue weighted by molar-refractivity contribution is 5.92. The van der Waals surface area contributed by atoms with Crippen molar-refractivity contribution in [3.63, 3.8) is 0 Å². The molecule has 23 heavy (non-hydrogen) atoms. The van der Waals surface area contributed by atoms with Gasteiger partial charge >= 0.3 is 0 Å². The van der Waals surface area contributed by atoms with Gasteiger partial charge in [0.1, 0.15) is 11.5 Å². The van der Waals surface area contributed by atoms with Crippen LogP contribution in [0.15, 0.2) is 36.7 Å². The smallest absolute Gasteiger partial charge is 0.272 e. The summed E-state index contributed by atoms with van der Waals surface area (Å²) in [5.74, 6) is -0.517. The van der Waals surface area contributed by atoms with Crippen molar-refractivity contribution in [3.05, 3.63) is 59.4 Å². The molecule has 6 heteroatoms. The second kappa shape index (κ2) is 6.83. The summed E-state index contributed by atoms with van der Waals surface area (Å²) in [5.41, 5.74) is 1.73. The predicted molar refractivity (Wildman–Crippen MR) is 84.3 cm³/mol. The van der Waals surface area contributed by atoms with Crippen LogP contribution in [0.1, 0.15) is 21.7 Å². The molecule has 0 spiro atoms. The Morgan fingerprint density at radius 1 is 1.22 bits per heavy atom. The molecule has 1 aliphatic heterocycles. The Kier molecular flexibility index (Phi) is 4.62. The Morgan fingerprint density at radius 3 is 2.65 bits per heavy atom. The van der Waals surface area contributed by atoms with Crippen molar-refractivity contribution in [1.82, 2.24) is 19.8 Å². The number of carbonyl (C=O) groups is 1. The molecule has 120 valence electrons. The fraction of sp³-hybridized carbons (Fsp3) is 0.353. The van der Waals surface area contributed by atoms with Crippen LogP contribution in [0.2, 0.25) is 0 Å². The molecule has 3 rings (SSSR count). The lowest BCUT2D eigenvalue weighted by Crippen LogP contribution is -2.48. The van der Waals surface area contributed by atoms with Crippen molar-refractivity contribution in [2.24, 2.45) is 0 Å². The van der Waals surface area contributed by atoms with Gasteiger partial charge in [-0.2, -0.15) is 0 Å². The van der Waals surface area contributed by atoms with E-state index in [9.17, 15) is 9.18 Å². The van der Waals surface area contributed by atoms with Crippen molar-refractivity contribution in [2.45, 2.75) is 13.5 Å². The van der Waals surface area contributed by atoms with Gasteiger partial charge in [0, 0.05) is 45.1 Å². The summed E-state index contributed by atoms with van der Waals surface area (Å²) in [7, 11) is 0. The van der Waals surface area contributed by atoms with Crippen LogP contribution in [0, 0.1) is 12.7 Å². The number of piperazine rings is 1. The molecule has 0 bridgehead atoms. The summed E-state index contributed by atoms with van der Waals surface area (Å²) in [6.45, 7) is 5.32. The molecule has 1 fully saturated rings. The van der Waals surface area contributed by atoms with E-state index in [-0.39, 0.29) is 17.4 Å². The molecule has 0 unspecified atom stereocenters. The highest BCUT2D eigenvalue weighted by Crippen LogP contribution is 2.11. The van der Waals surface area contributed by atoms with Crippen LogP contribution in [-0.2, 0) is 6.54 Å². The van der Waals surface area contributed by atoms with Gasteiger partial charge in [-0.1, -0.05) is 6.07 Å². The molecule has 1 aliphatic rings. The molecule has 5 nitrogen and oxygen atoms in total. The third kappa shape index (κ3) is 3.71. The summed E-state index contributed by atoms with van der Waals surface area (Å²) in [6, 6.07) is 6.73. The van der Waals surface area contributed by atoms with Gasteiger partial charge in [0.15, 0.2) is 0 Å². The van der Waals surface area contributed by atoms with E-state index in [2.05, 4.69) is 20.9 Å². The van der Waals surface area contributed by atoms with Gasteiger partial charge in [-0.05, 0) is 30.7 Å². The molecule has 0 aromatic carbocycles. The van der Waals surface area contributed by atoms with Gasteiger partial charge in [-0.15, -0.1) is 0 Å². The van der Waals surface area contributed by atoms with Crippen molar-refractivity contribution < 1.29 is 9.18 Å². The number of rotatable bonds is 3. The molecule has 0 saturated carbocycles. The molecule has 0 N–H and O–H groups in total. The van der Waals surface area contributed by atoms with Crippen LogP contribution >= 0.6 is 0 Å². The minimum atomic E-state index is -0.386. The highest BCUT2D eigenvalue weighted by Gasteiger charge is 2.23. The van der Waals surface area contributed by atoms with E-state index < -0.39 is 0 Å². The Morgan fingerprint density at radius 2 is 2.00 bits per heavy atom. The molecule has 0 atom stereocenters. The van der Waals surface area contributed by atoms with Crippen molar-refractivity contribution in [3.8, 4) is 0 Å². The van der Waals surface area contributed by atoms with E-state index in [0.717, 1.165) is 19.6 Å². The standard InChI is InChI=1S/C17H19FN4O/c1-13-15(18)4-5-16(20-13)17(23)22-9-7-21(8-10-22)12-14-3-2-6-19-11-14/h2-6,11H,7-10,12H2,1H3. The summed E-state index contributed by atoms with van der Waals surface area (Å²) in [5, 5.41) is 0. The Balaban J connectivity index is 1.58. The number of aromatic nitrogens is 2. The van der Waals surface area contributed by atoms with E-state index in [4.69, 9.17) is 0 Å². The molecular formula is C17H19FN4O. The lowest BCUT2D eigenvalue weighted by Gasteiger charge is -2.34. The Bertz CT molecular complexity index is 684. The van der Waals surface area contributed by atoms with Crippen LogP contribution in [0.4, 0.5) is 4.39 Å². The maximum Gasteiger partial charge on any atom is 0.272 e. The summed E-state index contributed by atoms with van der Waals surface area (Å²) in [4.78, 5) is 24.7. The van der Waals surface area contributed by atoms with Gasteiger partial charge in [0.05, 0.1) is 5.69 Å². The second-order valence-corrected chi connectivity index (χ2v) is 5.69. The first-order valence-corrected chi connectivity index (χ1v) is 7.67. The van der Waals surface area contributed by atoms with Crippen molar-refractivity contribution in [1.29, 1.82) is 0 Å². The van der Waals surface area contributed by atoms with Gasteiger partial charge < -0.3 is 4.90 Å². The Labute approximate surface area is 134 Å². The number of hydrogen-bond acceptors (Lipinski definition) is 4. The predicted octanol–water partition coefficient (Wildman–Crippen LogP) is 1.88. The molecule has 2 aromatic heterocycles. The number of aryl methyl sites for hydroxylation is 1. The largest absolute Gasteiger partial charge is 0.335 e. The molecule has 3 heterocycles. The van der Waals surface area contributed by atoms with Gasteiger partial charge in [-0.25, -0.2) is 9.37 Å². The fourth-order valence-corrected chi connectivity index (χ4v) is 2.68. The van der Waals surface area contributed by atoms with Crippen LogP contribution in [0.25, 0.3) is 0 Å². The number of pyridine rings is 2. The van der Waals surface area contributed by atoms with E-state index >= 15 is 0 Å². The SMILES string of the molecule is Cc1nc(C(=O)N2CCN(Cc3cccnc3)CC2)ccc1F. The summed E-state index contributed by atoms with van der Waals surface area (Å²) >= 11 is 0. The van der Waals surface area contributed by atoms with Crippen LogP contribution in [0.3, 0.4) is 0 Å². The van der Waals surface area contributed by atoms with Crippen molar-refractivity contribution in [2.75, 3.05) is 26.2 Å². The van der Waals surface area contributed by atoms with Gasteiger partial charge in [0.25, 0.3) is 5.91 Å². The number of amides is 1. The zero-order chi connectivity index (χ0) is 16.2. The van der Waals surface area contributed by atoms with Crippen LogP contribution < -0.4 is 0 Å². The Hall–Kier alpha value is -2.34. The van der Waals surface area contributed by atoms with E-state index in [0.29, 0.717) is 18.8 Å². The molecule has 1 saturated heterocycles. The first-order valence-electron chi connectivity index (χ1n) is 7.67. The fourth-order valence-electron chi connectivity index (χ4n) is 2.68. The van der Waals surface area contributed by atoms with E-state index in [1.807, 2.05) is 12.3 Å². The first kappa shape index (κ1) is 15.6. The van der Waals surface area contributed by atoms with E-state index in [1.165, 1.54) is 17.7 Å². The van der Waals surface area contributed by atoms with Gasteiger partial charge in [0.2, 0.25) is 0 Å². The number of halogens is 1. The highest BCUT2D eigenvalue weighted by atomic mass is 19.1. The summed E-state index contributed by atoms with van der Waals surface area (Å²) < 4.78 is 13.3. The number of carbonyl (C=O) groups excluding carboxylic acids is 1. The maximum absolute atomic E-state index is 13.3. The van der Waals surface area contributed by atoms with Gasteiger partial charge in [-0.3, -0.25) is 14.7 Å². The molecule has 0 radical (unpaired) electrons. The quantitative estimate of drug-likeness (QED) is 0.868. The van der Waals surface area contributed by atoms with Crippen LogP contribution in [-0.4, -0.2) is 51.9 Å². The monoisotopic (exact) mass is 314 g/mol.